The first-order valence-electron chi connectivity index (χ1n) is 4.74. The molecule has 1 aliphatic rings. The van der Waals surface area contributed by atoms with E-state index in [1.54, 1.807) is 0 Å². The Labute approximate surface area is 110 Å². The molecule has 1 aliphatic heterocycles. The Hall–Kier alpha value is -0.765. The molecule has 2 aromatic heterocycles. The number of hydrogen-bond acceptors (Lipinski definition) is 0. The third-order valence-electron chi connectivity index (χ3n) is 2.71. The molecule has 0 bridgehead atoms. The van der Waals surface area contributed by atoms with Crippen LogP contribution in [0.4, 0.5) is 0 Å². The van der Waals surface area contributed by atoms with Crippen LogP contribution in [0.15, 0.2) is 48.8 Å². The molecule has 0 radical (unpaired) electrons. The van der Waals surface area contributed by atoms with Gasteiger partial charge in [-0.15, -0.1) is 0 Å². The molecule has 0 aliphatic carbocycles. The fourth-order valence-corrected chi connectivity index (χ4v) is 2.70. The van der Waals surface area contributed by atoms with Crippen LogP contribution in [0.3, 0.4) is 0 Å². The van der Waals surface area contributed by atoms with Crippen LogP contribution in [0, 0.1) is 0 Å². The molecule has 82 valence electrons. The van der Waals surface area contributed by atoms with Gasteiger partial charge >= 0.3 is 5.25 Å². The molecule has 16 heavy (non-hydrogen) atoms. The zero-order chi connectivity index (χ0) is 10.5. The largest absolute Gasteiger partial charge is 1.00 e. The van der Waals surface area contributed by atoms with Crippen molar-refractivity contribution in [3.63, 3.8) is 0 Å². The van der Waals surface area contributed by atoms with Gasteiger partial charge in [0.1, 0.15) is 12.4 Å². The molecule has 0 N–H and O–H groups in total. The summed E-state index contributed by atoms with van der Waals surface area (Å²) >= 11 is 12.8. The third-order valence-corrected chi connectivity index (χ3v) is 3.55. The van der Waals surface area contributed by atoms with Crippen LogP contribution in [0.1, 0.15) is 0 Å². The first-order chi connectivity index (χ1) is 7.21. The van der Waals surface area contributed by atoms with Crippen LogP contribution >= 0.6 is 22.9 Å². The zero-order valence-electron chi connectivity index (χ0n) is 8.22. The lowest BCUT2D eigenvalue weighted by molar-refractivity contribution is -0.629. The number of halogens is 3. The summed E-state index contributed by atoms with van der Waals surface area (Å²) in [5.41, 5.74) is 2.09. The molecule has 0 saturated carbocycles. The lowest BCUT2D eigenvalue weighted by Crippen LogP contribution is -3.00. The van der Waals surface area contributed by atoms with E-state index in [9.17, 15) is 0 Å². The van der Waals surface area contributed by atoms with Crippen molar-refractivity contribution in [3.05, 3.63) is 48.8 Å². The van der Waals surface area contributed by atoms with E-state index in [0.717, 1.165) is 11.4 Å². The van der Waals surface area contributed by atoms with E-state index in [2.05, 4.69) is 0 Å². The van der Waals surface area contributed by atoms with Crippen molar-refractivity contribution in [2.24, 2.45) is 0 Å². The summed E-state index contributed by atoms with van der Waals surface area (Å²) in [6, 6.07) is 11.8. The second kappa shape index (κ2) is 3.92. The number of pyridine rings is 2. The van der Waals surface area contributed by atoms with Crippen molar-refractivity contribution >= 4 is 28.2 Å². The highest BCUT2D eigenvalue weighted by Crippen LogP contribution is 2.22. The van der Waals surface area contributed by atoms with Gasteiger partial charge in [0.05, 0.1) is 0 Å². The number of rotatable bonds is 0. The van der Waals surface area contributed by atoms with Gasteiger partial charge in [0.2, 0.25) is 11.4 Å². The first-order valence-corrected chi connectivity index (χ1v) is 5.62. The minimum Gasteiger partial charge on any atom is -1.00 e. The van der Waals surface area contributed by atoms with E-state index >= 15 is 0 Å². The summed E-state index contributed by atoms with van der Waals surface area (Å²) in [5.74, 6) is 0. The maximum atomic E-state index is 6.38. The number of fused-ring (bicyclic) bond motifs is 3. The lowest BCUT2D eigenvalue weighted by Gasteiger charge is -2.08. The SMILES string of the molecule is Cl[B-]1(Cl)[n+]2ccccc2-c2cccc[n+]21.[Cl-]. The van der Waals surface area contributed by atoms with Crippen LogP contribution in [-0.4, -0.2) is 5.25 Å². The van der Waals surface area contributed by atoms with Gasteiger partial charge in [-0.1, -0.05) is 0 Å². The fourth-order valence-electron chi connectivity index (χ4n) is 2.02. The van der Waals surface area contributed by atoms with Gasteiger partial charge in [0.25, 0.3) is 0 Å². The summed E-state index contributed by atoms with van der Waals surface area (Å²) < 4.78 is 3.80. The minimum absolute atomic E-state index is 0. The molecule has 0 spiro atoms. The van der Waals surface area contributed by atoms with Crippen molar-refractivity contribution in [3.8, 4) is 11.4 Å². The van der Waals surface area contributed by atoms with E-state index in [1.807, 2.05) is 57.7 Å². The second-order valence-corrected chi connectivity index (χ2v) is 5.02. The van der Waals surface area contributed by atoms with Crippen molar-refractivity contribution in [1.82, 2.24) is 0 Å². The number of nitrogens with zero attached hydrogens (tertiary/aromatic N) is 2. The topological polar surface area (TPSA) is 7.76 Å². The van der Waals surface area contributed by atoms with E-state index in [-0.39, 0.29) is 12.4 Å². The van der Waals surface area contributed by atoms with Crippen molar-refractivity contribution in [2.45, 2.75) is 0 Å². The zero-order valence-corrected chi connectivity index (χ0v) is 10.5. The van der Waals surface area contributed by atoms with Gasteiger partial charge < -0.3 is 21.4 Å². The van der Waals surface area contributed by atoms with E-state index in [4.69, 9.17) is 22.9 Å². The molecule has 3 rings (SSSR count). The molecule has 0 saturated heterocycles. The van der Waals surface area contributed by atoms with E-state index in [0.29, 0.717) is 0 Å². The van der Waals surface area contributed by atoms with Crippen molar-refractivity contribution < 1.29 is 21.4 Å². The molecule has 2 nitrogen and oxygen atoms in total. The second-order valence-electron chi connectivity index (χ2n) is 3.57. The molecule has 0 aromatic carbocycles. The Balaban J connectivity index is 0.000000963. The highest BCUT2D eigenvalue weighted by molar-refractivity contribution is 7.37. The van der Waals surface area contributed by atoms with Crippen molar-refractivity contribution in [2.75, 3.05) is 0 Å². The Morgan fingerprint density at radius 3 is 1.69 bits per heavy atom. The predicted octanol–water partition coefficient (Wildman–Crippen LogP) is -1.44. The van der Waals surface area contributed by atoms with Gasteiger partial charge in [-0.3, -0.25) is 0 Å². The van der Waals surface area contributed by atoms with Crippen molar-refractivity contribution in [1.29, 1.82) is 0 Å². The Morgan fingerprint density at radius 2 is 1.25 bits per heavy atom. The van der Waals surface area contributed by atoms with Crippen LogP contribution in [-0.2, 0) is 0 Å². The maximum Gasteiger partial charge on any atom is 0.725 e. The fraction of sp³-hybridized carbons (Fsp3) is 0. The van der Waals surface area contributed by atoms with Gasteiger partial charge in [0, 0.05) is 12.1 Å². The van der Waals surface area contributed by atoms with Crippen LogP contribution in [0.2, 0.25) is 0 Å². The Bertz CT molecular complexity index is 498. The molecule has 0 unspecified atom stereocenters. The summed E-state index contributed by atoms with van der Waals surface area (Å²) in [5, 5.41) is -1.76. The normalized spacial score (nSPS) is 14.9. The van der Waals surface area contributed by atoms with E-state index in [1.165, 1.54) is 0 Å². The van der Waals surface area contributed by atoms with Crippen LogP contribution in [0.5, 0.6) is 0 Å². The maximum absolute atomic E-state index is 6.38. The summed E-state index contributed by atoms with van der Waals surface area (Å²) in [6.45, 7) is 0. The third kappa shape index (κ3) is 1.43. The van der Waals surface area contributed by atoms with Crippen LogP contribution in [0.25, 0.3) is 11.4 Å². The Kier molecular flexibility index (Phi) is 2.87. The molecular weight excluding hydrogens is 265 g/mol. The average Bonchev–Trinajstić information content (AvgIpc) is 2.51. The van der Waals surface area contributed by atoms with Gasteiger partial charge in [-0.25, -0.2) is 0 Å². The lowest BCUT2D eigenvalue weighted by atomic mass is 10.1. The molecule has 0 atom stereocenters. The number of aromatic nitrogens is 2. The van der Waals surface area contributed by atoms with Gasteiger partial charge in [-0.05, 0) is 24.3 Å². The molecule has 0 amide bonds. The smallest absolute Gasteiger partial charge is 0.725 e. The van der Waals surface area contributed by atoms with E-state index < -0.39 is 5.25 Å². The molecule has 0 fully saturated rings. The quantitative estimate of drug-likeness (QED) is 0.519. The summed E-state index contributed by atoms with van der Waals surface area (Å²) in [6.07, 6.45) is 3.81. The molecule has 3 heterocycles. The number of hydrogen-bond donors (Lipinski definition) is 0. The summed E-state index contributed by atoms with van der Waals surface area (Å²) in [7, 11) is 0. The molecule has 6 heteroatoms. The Morgan fingerprint density at radius 1 is 0.812 bits per heavy atom. The van der Waals surface area contributed by atoms with Gasteiger partial charge in [-0.2, -0.15) is 22.9 Å². The molecule has 2 aromatic rings. The van der Waals surface area contributed by atoms with Crippen LogP contribution < -0.4 is 21.4 Å². The van der Waals surface area contributed by atoms with Gasteiger partial charge in [0.15, 0.2) is 0 Å². The monoisotopic (exact) mass is 272 g/mol. The molecular formula is C10H8BCl3N2. The highest BCUT2D eigenvalue weighted by Gasteiger charge is 2.54. The minimum atomic E-state index is -1.76. The average molecular weight is 273 g/mol. The highest BCUT2D eigenvalue weighted by atomic mass is 35.5. The standard InChI is InChI=1S/C10H8BCl2N2.ClH/c12-11(13)14-7-3-1-5-9(14)10-6-2-4-8-15(10)11;/h1-8H;1H/q+1;/p-1. The predicted molar refractivity (Wildman–Crippen MR) is 60.5 cm³/mol. The summed E-state index contributed by atoms with van der Waals surface area (Å²) in [4.78, 5) is 0. The first kappa shape index (κ1) is 11.7.